The summed E-state index contributed by atoms with van der Waals surface area (Å²) in [6.45, 7) is 3.38. The molecule has 38 heavy (non-hydrogen) atoms. The van der Waals surface area contributed by atoms with Gasteiger partial charge in [-0.05, 0) is 55.2 Å². The van der Waals surface area contributed by atoms with Gasteiger partial charge in [0.05, 0.1) is 24.3 Å². The van der Waals surface area contributed by atoms with Crippen LogP contribution in [0.15, 0.2) is 42.5 Å². The molecule has 0 aliphatic carbocycles. The van der Waals surface area contributed by atoms with Crippen molar-refractivity contribution in [3.8, 4) is 11.4 Å². The second kappa shape index (κ2) is 12.7. The quantitative estimate of drug-likeness (QED) is 0.279. The smallest absolute Gasteiger partial charge is 0.305 e. The van der Waals surface area contributed by atoms with Crippen LogP contribution in [-0.2, 0) is 17.9 Å². The molecule has 204 valence electrons. The highest BCUT2D eigenvalue weighted by Crippen LogP contribution is 2.29. The standard InChI is InChI=1S/C27H30F3N3O5/c1-15(2)25-24(27(38)31-14-20-21(29)4-3-5-22(20)30)32-26(16-6-8-17(28)9-7-16)33(25)11-10-18(34)12-19(35)13-23(36)37/h3-9,15,18-19,34-35H,10-14H2,1-2H3,(H,31,38)(H,36,37)/t18-,19-/m1/s1. The highest BCUT2D eigenvalue weighted by atomic mass is 19.1. The van der Waals surface area contributed by atoms with Crippen molar-refractivity contribution in [3.63, 3.8) is 0 Å². The van der Waals surface area contributed by atoms with Crippen LogP contribution >= 0.6 is 0 Å². The third kappa shape index (κ3) is 7.20. The fourth-order valence-electron chi connectivity index (χ4n) is 4.21. The molecule has 0 fully saturated rings. The number of carbonyl (C=O) groups is 2. The number of aliphatic hydroxyl groups excluding tert-OH is 2. The second-order valence-electron chi connectivity index (χ2n) is 9.30. The number of aliphatic carboxylic acids is 1. The molecule has 0 aliphatic heterocycles. The maximum absolute atomic E-state index is 14.1. The Bertz CT molecular complexity index is 1260. The zero-order chi connectivity index (χ0) is 28.0. The van der Waals surface area contributed by atoms with E-state index in [0.717, 1.165) is 12.1 Å². The van der Waals surface area contributed by atoms with Gasteiger partial charge in [0.2, 0.25) is 0 Å². The van der Waals surface area contributed by atoms with Gasteiger partial charge < -0.3 is 25.2 Å². The van der Waals surface area contributed by atoms with Crippen LogP contribution in [0.3, 0.4) is 0 Å². The molecule has 1 aromatic heterocycles. The lowest BCUT2D eigenvalue weighted by atomic mass is 10.0. The van der Waals surface area contributed by atoms with Crippen LogP contribution in [0.1, 0.15) is 60.8 Å². The Morgan fingerprint density at radius 1 is 1.00 bits per heavy atom. The summed E-state index contributed by atoms with van der Waals surface area (Å²) in [7, 11) is 0. The number of nitrogens with zero attached hydrogens (tertiary/aromatic N) is 2. The Hall–Kier alpha value is -3.70. The minimum absolute atomic E-state index is 0.0106. The molecule has 2 aromatic carbocycles. The van der Waals surface area contributed by atoms with E-state index in [2.05, 4.69) is 10.3 Å². The van der Waals surface area contributed by atoms with E-state index < -0.39 is 54.5 Å². The molecule has 8 nitrogen and oxygen atoms in total. The fraction of sp³-hybridized carbons (Fsp3) is 0.370. The first-order valence-electron chi connectivity index (χ1n) is 12.1. The third-order valence-corrected chi connectivity index (χ3v) is 6.00. The Balaban J connectivity index is 1.93. The summed E-state index contributed by atoms with van der Waals surface area (Å²) < 4.78 is 43.4. The zero-order valence-corrected chi connectivity index (χ0v) is 21.0. The number of aromatic nitrogens is 2. The van der Waals surface area contributed by atoms with Gasteiger partial charge in [0.25, 0.3) is 5.91 Å². The van der Waals surface area contributed by atoms with Crippen molar-refractivity contribution < 1.29 is 38.1 Å². The van der Waals surface area contributed by atoms with Gasteiger partial charge in [-0.1, -0.05) is 19.9 Å². The number of halogens is 3. The first-order valence-corrected chi connectivity index (χ1v) is 12.1. The van der Waals surface area contributed by atoms with Crippen molar-refractivity contribution in [1.82, 2.24) is 14.9 Å². The molecule has 1 amide bonds. The van der Waals surface area contributed by atoms with Gasteiger partial charge in [-0.2, -0.15) is 0 Å². The minimum Gasteiger partial charge on any atom is -0.481 e. The summed E-state index contributed by atoms with van der Waals surface area (Å²) in [4.78, 5) is 28.5. The Labute approximate surface area is 217 Å². The number of carboxylic acids is 1. The van der Waals surface area contributed by atoms with Crippen molar-refractivity contribution in [2.45, 2.75) is 64.3 Å². The largest absolute Gasteiger partial charge is 0.481 e. The molecule has 0 spiro atoms. The lowest BCUT2D eigenvalue weighted by Gasteiger charge is -2.19. The van der Waals surface area contributed by atoms with Gasteiger partial charge in [-0.3, -0.25) is 9.59 Å². The third-order valence-electron chi connectivity index (χ3n) is 6.00. The van der Waals surface area contributed by atoms with Crippen LogP contribution < -0.4 is 5.32 Å². The molecule has 11 heteroatoms. The van der Waals surface area contributed by atoms with E-state index in [1.165, 1.54) is 30.3 Å². The highest BCUT2D eigenvalue weighted by Gasteiger charge is 2.26. The van der Waals surface area contributed by atoms with E-state index in [0.29, 0.717) is 17.1 Å². The SMILES string of the molecule is CC(C)c1c(C(=O)NCc2c(F)cccc2F)nc(-c2ccc(F)cc2)n1CC[C@@H](O)C[C@@H](O)CC(=O)O. The van der Waals surface area contributed by atoms with E-state index in [9.17, 15) is 33.0 Å². The second-order valence-corrected chi connectivity index (χ2v) is 9.30. The highest BCUT2D eigenvalue weighted by molar-refractivity contribution is 5.94. The van der Waals surface area contributed by atoms with E-state index in [-0.39, 0.29) is 36.6 Å². The van der Waals surface area contributed by atoms with E-state index >= 15 is 0 Å². The van der Waals surface area contributed by atoms with E-state index in [1.807, 2.05) is 13.8 Å². The van der Waals surface area contributed by atoms with Crippen molar-refractivity contribution in [2.75, 3.05) is 0 Å². The fourth-order valence-corrected chi connectivity index (χ4v) is 4.21. The zero-order valence-electron chi connectivity index (χ0n) is 21.0. The molecule has 3 rings (SSSR count). The molecule has 2 atom stereocenters. The molecule has 0 unspecified atom stereocenters. The predicted octanol–water partition coefficient (Wildman–Crippen LogP) is 4.00. The van der Waals surface area contributed by atoms with E-state index in [4.69, 9.17) is 5.11 Å². The summed E-state index contributed by atoms with van der Waals surface area (Å²) in [5.41, 5.74) is 0.687. The van der Waals surface area contributed by atoms with Crippen LogP contribution in [0.2, 0.25) is 0 Å². The Kier molecular flexibility index (Phi) is 9.65. The monoisotopic (exact) mass is 533 g/mol. The lowest BCUT2D eigenvalue weighted by Crippen LogP contribution is -2.26. The maximum Gasteiger partial charge on any atom is 0.305 e. The van der Waals surface area contributed by atoms with Crippen molar-refractivity contribution in [3.05, 3.63) is 76.9 Å². The maximum atomic E-state index is 14.1. The number of carbonyl (C=O) groups excluding carboxylic acids is 1. The molecule has 0 aliphatic rings. The molecule has 4 N–H and O–H groups in total. The molecule has 0 bridgehead atoms. The van der Waals surface area contributed by atoms with Gasteiger partial charge in [0.1, 0.15) is 29.0 Å². The van der Waals surface area contributed by atoms with Crippen LogP contribution in [0.4, 0.5) is 13.2 Å². The summed E-state index contributed by atoms with van der Waals surface area (Å²) >= 11 is 0. The molecule has 3 aromatic rings. The van der Waals surface area contributed by atoms with Gasteiger partial charge in [0.15, 0.2) is 0 Å². The van der Waals surface area contributed by atoms with Gasteiger partial charge in [-0.25, -0.2) is 18.2 Å². The molecular formula is C27H30F3N3O5. The summed E-state index contributed by atoms with van der Waals surface area (Å²) in [5, 5.41) is 31.6. The number of rotatable bonds is 12. The molecule has 0 radical (unpaired) electrons. The number of carboxylic acid groups (broad SMARTS) is 1. The van der Waals surface area contributed by atoms with Crippen LogP contribution in [-0.4, -0.2) is 49.0 Å². The summed E-state index contributed by atoms with van der Waals surface area (Å²) in [6, 6.07) is 8.85. The number of amides is 1. The molecule has 1 heterocycles. The first kappa shape index (κ1) is 28.9. The van der Waals surface area contributed by atoms with Crippen LogP contribution in [0.25, 0.3) is 11.4 Å². The number of aliphatic hydroxyl groups is 2. The molecular weight excluding hydrogens is 503 g/mol. The van der Waals surface area contributed by atoms with Gasteiger partial charge >= 0.3 is 5.97 Å². The minimum atomic E-state index is -1.23. The lowest BCUT2D eigenvalue weighted by molar-refractivity contribution is -0.139. The predicted molar refractivity (Wildman–Crippen MR) is 133 cm³/mol. The van der Waals surface area contributed by atoms with E-state index in [1.54, 1.807) is 4.57 Å². The summed E-state index contributed by atoms with van der Waals surface area (Å²) in [5.74, 6) is -3.87. The number of nitrogens with one attached hydrogen (secondary N) is 1. The van der Waals surface area contributed by atoms with Crippen LogP contribution in [0, 0.1) is 17.5 Å². The van der Waals surface area contributed by atoms with Crippen LogP contribution in [0.5, 0.6) is 0 Å². The molecule has 0 saturated carbocycles. The summed E-state index contributed by atoms with van der Waals surface area (Å²) in [6.07, 6.45) is -2.85. The number of hydrogen-bond donors (Lipinski definition) is 4. The average molecular weight is 534 g/mol. The molecule has 0 saturated heterocycles. The average Bonchev–Trinajstić information content (AvgIpc) is 3.22. The van der Waals surface area contributed by atoms with Gasteiger partial charge in [-0.15, -0.1) is 0 Å². The van der Waals surface area contributed by atoms with Crippen molar-refractivity contribution in [1.29, 1.82) is 0 Å². The van der Waals surface area contributed by atoms with Crippen molar-refractivity contribution >= 4 is 11.9 Å². The number of benzene rings is 2. The number of imidazole rings is 1. The topological polar surface area (TPSA) is 125 Å². The first-order chi connectivity index (χ1) is 18.0. The van der Waals surface area contributed by atoms with Gasteiger partial charge in [0, 0.05) is 24.2 Å². The Morgan fingerprint density at radius 3 is 2.21 bits per heavy atom. The normalized spacial score (nSPS) is 12.9. The van der Waals surface area contributed by atoms with Crippen molar-refractivity contribution in [2.24, 2.45) is 0 Å². The Morgan fingerprint density at radius 2 is 1.63 bits per heavy atom. The number of hydrogen-bond acceptors (Lipinski definition) is 5.